The quantitative estimate of drug-likeness (QED) is 0.518. The maximum Gasteiger partial charge on any atom is 0.0433 e. The highest BCUT2D eigenvalue weighted by atomic mass is 14.8. The fraction of sp³-hybridized carbons (Fsp3) is 0.545. The third-order valence-electron chi connectivity index (χ3n) is 2.66. The second-order valence-electron chi connectivity index (χ2n) is 3.62. The van der Waals surface area contributed by atoms with Gasteiger partial charge in [-0.3, -0.25) is 4.99 Å². The van der Waals surface area contributed by atoms with Crippen molar-refractivity contribution in [1.29, 1.82) is 0 Å². The monoisotopic (exact) mass is 161 g/mol. The Morgan fingerprint density at radius 1 is 1.50 bits per heavy atom. The molecule has 0 aromatic carbocycles. The minimum Gasteiger partial charge on any atom is -0.289 e. The summed E-state index contributed by atoms with van der Waals surface area (Å²) < 4.78 is 0. The van der Waals surface area contributed by atoms with E-state index in [1.807, 2.05) is 0 Å². The van der Waals surface area contributed by atoms with Crippen LogP contribution in [0.2, 0.25) is 0 Å². The fourth-order valence-corrected chi connectivity index (χ4v) is 1.93. The summed E-state index contributed by atoms with van der Waals surface area (Å²) in [6.45, 7) is 3.30. The smallest absolute Gasteiger partial charge is 0.0433 e. The SMILES string of the molecule is CC1CC/C=C\C=C2\CCN=C21. The molecule has 0 spiro atoms. The standard InChI is InChI=1S/C11H15N/c1-9-5-3-2-4-6-10-7-8-12-11(9)10/h2,4,6,9H,3,5,7-8H2,1H3/b4-2-,10-6-. The van der Waals surface area contributed by atoms with Gasteiger partial charge >= 0.3 is 0 Å². The molecule has 0 saturated heterocycles. The van der Waals surface area contributed by atoms with Gasteiger partial charge < -0.3 is 0 Å². The van der Waals surface area contributed by atoms with E-state index in [2.05, 4.69) is 30.1 Å². The summed E-state index contributed by atoms with van der Waals surface area (Å²) in [6.07, 6.45) is 10.3. The van der Waals surface area contributed by atoms with Gasteiger partial charge in [-0.15, -0.1) is 0 Å². The van der Waals surface area contributed by atoms with Crippen LogP contribution in [-0.2, 0) is 0 Å². The van der Waals surface area contributed by atoms with E-state index in [9.17, 15) is 0 Å². The number of hydrogen-bond acceptors (Lipinski definition) is 1. The summed E-state index contributed by atoms with van der Waals surface area (Å²) in [6, 6.07) is 0. The van der Waals surface area contributed by atoms with Crippen molar-refractivity contribution in [3.05, 3.63) is 23.8 Å². The number of allylic oxidation sites excluding steroid dienone is 3. The van der Waals surface area contributed by atoms with Gasteiger partial charge in [-0.2, -0.15) is 0 Å². The number of fused-ring (bicyclic) bond motifs is 1. The van der Waals surface area contributed by atoms with Crippen LogP contribution in [0.4, 0.5) is 0 Å². The van der Waals surface area contributed by atoms with Gasteiger partial charge in [0.15, 0.2) is 0 Å². The Balaban J connectivity index is 2.29. The summed E-state index contributed by atoms with van der Waals surface area (Å²) in [5.41, 5.74) is 2.85. The lowest BCUT2D eigenvalue weighted by Gasteiger charge is -2.13. The first-order valence-electron chi connectivity index (χ1n) is 4.78. The highest BCUT2D eigenvalue weighted by Crippen LogP contribution is 2.23. The molecule has 1 aliphatic heterocycles. The van der Waals surface area contributed by atoms with Crippen molar-refractivity contribution in [3.63, 3.8) is 0 Å². The molecule has 2 rings (SSSR count). The molecule has 0 fully saturated rings. The Hall–Kier alpha value is -0.850. The molecule has 1 heteroatoms. The molecule has 0 amide bonds. The van der Waals surface area contributed by atoms with E-state index in [1.165, 1.54) is 24.1 Å². The summed E-state index contributed by atoms with van der Waals surface area (Å²) in [7, 11) is 0. The lowest BCUT2D eigenvalue weighted by Crippen LogP contribution is -2.11. The lowest BCUT2D eigenvalue weighted by molar-refractivity contribution is 0.693. The predicted octanol–water partition coefficient (Wildman–Crippen LogP) is 2.74. The number of aliphatic imine (C=N–C) groups is 1. The first kappa shape index (κ1) is 7.78. The third kappa shape index (κ3) is 1.36. The average Bonchev–Trinajstić information content (AvgIpc) is 2.47. The van der Waals surface area contributed by atoms with Crippen molar-refractivity contribution in [2.75, 3.05) is 6.54 Å². The second-order valence-corrected chi connectivity index (χ2v) is 3.62. The van der Waals surface area contributed by atoms with Crippen LogP contribution in [0.25, 0.3) is 0 Å². The molecule has 1 aliphatic carbocycles. The molecule has 64 valence electrons. The normalized spacial score (nSPS) is 35.6. The van der Waals surface area contributed by atoms with Gasteiger partial charge in [0.2, 0.25) is 0 Å². The molecular weight excluding hydrogens is 146 g/mol. The first-order chi connectivity index (χ1) is 5.88. The molecule has 0 radical (unpaired) electrons. The zero-order chi connectivity index (χ0) is 8.39. The topological polar surface area (TPSA) is 12.4 Å². The van der Waals surface area contributed by atoms with Gasteiger partial charge in [-0.1, -0.05) is 25.2 Å². The number of hydrogen-bond donors (Lipinski definition) is 0. The lowest BCUT2D eigenvalue weighted by atomic mass is 9.92. The summed E-state index contributed by atoms with van der Waals surface area (Å²) in [4.78, 5) is 4.55. The van der Waals surface area contributed by atoms with E-state index < -0.39 is 0 Å². The first-order valence-corrected chi connectivity index (χ1v) is 4.78. The molecule has 12 heavy (non-hydrogen) atoms. The third-order valence-corrected chi connectivity index (χ3v) is 2.66. The zero-order valence-corrected chi connectivity index (χ0v) is 7.59. The van der Waals surface area contributed by atoms with Crippen molar-refractivity contribution in [2.24, 2.45) is 10.9 Å². The summed E-state index contributed by atoms with van der Waals surface area (Å²) in [5.74, 6) is 0.670. The average molecular weight is 161 g/mol. The van der Waals surface area contributed by atoms with Crippen LogP contribution in [0, 0.1) is 5.92 Å². The number of nitrogens with zero attached hydrogens (tertiary/aromatic N) is 1. The maximum atomic E-state index is 4.55. The van der Waals surface area contributed by atoms with Crippen LogP contribution in [0.5, 0.6) is 0 Å². The second kappa shape index (κ2) is 3.26. The van der Waals surface area contributed by atoms with E-state index in [4.69, 9.17) is 0 Å². The molecule has 1 atom stereocenters. The van der Waals surface area contributed by atoms with Gasteiger partial charge in [-0.05, 0) is 30.8 Å². The molecule has 2 aliphatic rings. The van der Waals surface area contributed by atoms with Crippen molar-refractivity contribution in [3.8, 4) is 0 Å². The Kier molecular flexibility index (Phi) is 2.11. The minimum atomic E-state index is 0.670. The largest absolute Gasteiger partial charge is 0.289 e. The van der Waals surface area contributed by atoms with Crippen molar-refractivity contribution >= 4 is 5.71 Å². The zero-order valence-electron chi connectivity index (χ0n) is 7.59. The fourth-order valence-electron chi connectivity index (χ4n) is 1.93. The minimum absolute atomic E-state index is 0.670. The van der Waals surface area contributed by atoms with Crippen LogP contribution >= 0.6 is 0 Å². The van der Waals surface area contributed by atoms with E-state index in [1.54, 1.807) is 0 Å². The van der Waals surface area contributed by atoms with Gasteiger partial charge in [0.1, 0.15) is 0 Å². The molecule has 1 heterocycles. The summed E-state index contributed by atoms with van der Waals surface area (Å²) >= 11 is 0. The van der Waals surface area contributed by atoms with Crippen molar-refractivity contribution < 1.29 is 0 Å². The molecule has 1 unspecified atom stereocenters. The van der Waals surface area contributed by atoms with Gasteiger partial charge in [0, 0.05) is 12.3 Å². The van der Waals surface area contributed by atoms with Crippen molar-refractivity contribution in [2.45, 2.75) is 26.2 Å². The van der Waals surface area contributed by atoms with E-state index in [0.29, 0.717) is 5.92 Å². The van der Waals surface area contributed by atoms with Gasteiger partial charge in [-0.25, -0.2) is 0 Å². The molecular formula is C11H15N. The summed E-state index contributed by atoms with van der Waals surface area (Å²) in [5, 5.41) is 0. The van der Waals surface area contributed by atoms with E-state index in [0.717, 1.165) is 13.0 Å². The maximum absolute atomic E-state index is 4.55. The van der Waals surface area contributed by atoms with Gasteiger partial charge in [0.05, 0.1) is 0 Å². The molecule has 0 bridgehead atoms. The van der Waals surface area contributed by atoms with E-state index >= 15 is 0 Å². The van der Waals surface area contributed by atoms with Crippen LogP contribution in [0.15, 0.2) is 28.8 Å². The van der Waals surface area contributed by atoms with Crippen LogP contribution in [0.3, 0.4) is 0 Å². The van der Waals surface area contributed by atoms with Crippen molar-refractivity contribution in [1.82, 2.24) is 0 Å². The molecule has 0 saturated carbocycles. The Bertz CT molecular complexity index is 258. The van der Waals surface area contributed by atoms with Crippen LogP contribution in [0.1, 0.15) is 26.2 Å². The van der Waals surface area contributed by atoms with Crippen LogP contribution < -0.4 is 0 Å². The Labute approximate surface area is 73.9 Å². The molecule has 1 nitrogen and oxygen atoms in total. The van der Waals surface area contributed by atoms with Gasteiger partial charge in [0.25, 0.3) is 0 Å². The van der Waals surface area contributed by atoms with E-state index in [-0.39, 0.29) is 0 Å². The predicted molar refractivity (Wildman–Crippen MR) is 52.5 cm³/mol. The number of rotatable bonds is 0. The molecule has 0 N–H and O–H groups in total. The highest BCUT2D eigenvalue weighted by Gasteiger charge is 2.19. The Morgan fingerprint density at radius 2 is 2.42 bits per heavy atom. The van der Waals surface area contributed by atoms with Crippen LogP contribution in [-0.4, -0.2) is 12.3 Å². The molecule has 0 aromatic rings. The Morgan fingerprint density at radius 3 is 3.33 bits per heavy atom. The highest BCUT2D eigenvalue weighted by molar-refractivity contribution is 6.03. The molecule has 0 aromatic heterocycles.